The van der Waals surface area contributed by atoms with Gasteiger partial charge in [-0.05, 0) is 36.0 Å². The summed E-state index contributed by atoms with van der Waals surface area (Å²) in [5.74, 6) is -0.569. The van der Waals surface area contributed by atoms with E-state index >= 15 is 0 Å². The number of amides is 1. The van der Waals surface area contributed by atoms with Crippen molar-refractivity contribution in [3.05, 3.63) is 107 Å². The van der Waals surface area contributed by atoms with Gasteiger partial charge in [0, 0.05) is 5.56 Å². The smallest absolute Gasteiger partial charge is 0.281 e. The van der Waals surface area contributed by atoms with Gasteiger partial charge in [0.2, 0.25) is 0 Å². The third kappa shape index (κ3) is 3.35. The van der Waals surface area contributed by atoms with Crippen LogP contribution in [0.25, 0.3) is 0 Å². The second-order valence-electron chi connectivity index (χ2n) is 6.95. The van der Waals surface area contributed by atoms with Gasteiger partial charge in [-0.1, -0.05) is 84.9 Å². The average molecular weight is 370 g/mol. The van der Waals surface area contributed by atoms with E-state index in [1.165, 1.54) is 5.56 Å². The topological polar surface area (TPSA) is 61.7 Å². The molecule has 140 valence electrons. The Balaban J connectivity index is 1.68. The summed E-state index contributed by atoms with van der Waals surface area (Å²) in [5.41, 5.74) is 4.97. The zero-order valence-corrected chi connectivity index (χ0v) is 15.5. The lowest BCUT2D eigenvalue weighted by Crippen LogP contribution is -2.44. The molecule has 4 rings (SSSR count). The largest absolute Gasteiger partial charge is 0.372 e. The van der Waals surface area contributed by atoms with Gasteiger partial charge in [-0.25, -0.2) is 5.43 Å². The summed E-state index contributed by atoms with van der Waals surface area (Å²) in [5, 5.41) is 15.9. The van der Waals surface area contributed by atoms with E-state index in [-0.39, 0.29) is 0 Å². The van der Waals surface area contributed by atoms with Gasteiger partial charge >= 0.3 is 0 Å². The molecule has 3 aromatic rings. The van der Waals surface area contributed by atoms with Gasteiger partial charge in [0.15, 0.2) is 5.60 Å². The molecule has 0 radical (unpaired) electrons. The number of hydrogen-bond donors (Lipinski definition) is 2. The Kier molecular flexibility index (Phi) is 5.04. The van der Waals surface area contributed by atoms with Crippen LogP contribution in [0.1, 0.15) is 35.1 Å². The van der Waals surface area contributed by atoms with Crippen LogP contribution < -0.4 is 5.43 Å². The zero-order chi connectivity index (χ0) is 19.4. The second-order valence-corrected chi connectivity index (χ2v) is 6.95. The van der Waals surface area contributed by atoms with Gasteiger partial charge < -0.3 is 5.11 Å². The summed E-state index contributed by atoms with van der Waals surface area (Å²) in [4.78, 5) is 13.2. The fourth-order valence-corrected chi connectivity index (χ4v) is 3.70. The fourth-order valence-electron chi connectivity index (χ4n) is 3.70. The molecule has 4 heteroatoms. The highest BCUT2D eigenvalue weighted by Gasteiger charge is 2.40. The van der Waals surface area contributed by atoms with E-state index in [0.717, 1.165) is 30.5 Å². The fraction of sp³-hybridized carbons (Fsp3) is 0.167. The second kappa shape index (κ2) is 7.79. The summed E-state index contributed by atoms with van der Waals surface area (Å²) < 4.78 is 0. The molecule has 0 atom stereocenters. The minimum absolute atomic E-state index is 0.503. The number of aliphatic hydroxyl groups is 1. The minimum atomic E-state index is -1.82. The highest BCUT2D eigenvalue weighted by atomic mass is 16.3. The molecule has 2 N–H and O–H groups in total. The first-order valence-corrected chi connectivity index (χ1v) is 9.48. The van der Waals surface area contributed by atoms with Gasteiger partial charge in [0.1, 0.15) is 0 Å². The molecule has 0 unspecified atom stereocenters. The molecule has 0 spiro atoms. The van der Waals surface area contributed by atoms with E-state index in [4.69, 9.17) is 0 Å². The lowest BCUT2D eigenvalue weighted by molar-refractivity contribution is -0.136. The van der Waals surface area contributed by atoms with Crippen molar-refractivity contribution in [3.63, 3.8) is 0 Å². The van der Waals surface area contributed by atoms with E-state index in [0.29, 0.717) is 11.1 Å². The van der Waals surface area contributed by atoms with Crippen molar-refractivity contribution in [2.75, 3.05) is 0 Å². The van der Waals surface area contributed by atoms with Gasteiger partial charge in [-0.15, -0.1) is 0 Å². The molecular formula is C24H22N2O2. The zero-order valence-electron chi connectivity index (χ0n) is 15.5. The maximum atomic E-state index is 13.2. The van der Waals surface area contributed by atoms with Crippen molar-refractivity contribution in [3.8, 4) is 0 Å². The van der Waals surface area contributed by atoms with Crippen molar-refractivity contribution >= 4 is 11.6 Å². The van der Waals surface area contributed by atoms with E-state index in [1.54, 1.807) is 48.5 Å². The monoisotopic (exact) mass is 370 g/mol. The standard InChI is InChI=1S/C24H22N2O2/c27-23(26-25-22-17-9-11-18-10-7-8-16-21(18)22)24(28,19-12-3-1-4-13-19)20-14-5-2-6-15-20/h1-8,10,12-16,28H,9,11,17H2,(H,26,27)/b25-22+. The molecule has 0 saturated carbocycles. The highest BCUT2D eigenvalue weighted by molar-refractivity contribution is 6.03. The van der Waals surface area contributed by atoms with Crippen LogP contribution in [0.4, 0.5) is 0 Å². The Morgan fingerprint density at radius 1 is 0.821 bits per heavy atom. The Bertz CT molecular complexity index is 958. The SMILES string of the molecule is O=C(N/N=C1\CCCc2ccccc21)C(O)(c1ccccc1)c1ccccc1. The van der Waals surface area contributed by atoms with E-state index < -0.39 is 11.5 Å². The lowest BCUT2D eigenvalue weighted by Gasteiger charge is -2.27. The van der Waals surface area contributed by atoms with Crippen LogP contribution in [0.3, 0.4) is 0 Å². The number of carbonyl (C=O) groups is 1. The van der Waals surface area contributed by atoms with Crippen LogP contribution in [-0.4, -0.2) is 16.7 Å². The number of hydrogen-bond acceptors (Lipinski definition) is 3. The first kappa shape index (κ1) is 18.1. The van der Waals surface area contributed by atoms with Gasteiger partial charge in [-0.3, -0.25) is 4.79 Å². The molecule has 3 aromatic carbocycles. The molecule has 28 heavy (non-hydrogen) atoms. The molecule has 1 amide bonds. The molecular weight excluding hydrogens is 348 g/mol. The molecule has 0 fully saturated rings. The van der Waals surface area contributed by atoms with Crippen molar-refractivity contribution in [2.24, 2.45) is 5.10 Å². The average Bonchev–Trinajstić information content (AvgIpc) is 2.78. The highest BCUT2D eigenvalue weighted by Crippen LogP contribution is 2.30. The molecule has 0 saturated heterocycles. The number of carbonyl (C=O) groups excluding carboxylic acids is 1. The van der Waals surface area contributed by atoms with E-state index in [9.17, 15) is 9.90 Å². The predicted octanol–water partition coefficient (Wildman–Crippen LogP) is 3.78. The van der Waals surface area contributed by atoms with Gasteiger partial charge in [-0.2, -0.15) is 5.10 Å². The Hall–Kier alpha value is -3.24. The molecule has 0 bridgehead atoms. The molecule has 4 nitrogen and oxygen atoms in total. The summed E-state index contributed by atoms with van der Waals surface area (Å²) >= 11 is 0. The van der Waals surface area contributed by atoms with Crippen molar-refractivity contribution in [1.29, 1.82) is 0 Å². The van der Waals surface area contributed by atoms with Crippen LogP contribution in [0.15, 0.2) is 90.0 Å². The Labute approximate surface area is 164 Å². The quantitative estimate of drug-likeness (QED) is 0.687. The van der Waals surface area contributed by atoms with Crippen LogP contribution in [0.5, 0.6) is 0 Å². The summed E-state index contributed by atoms with van der Waals surface area (Å²) in [7, 11) is 0. The van der Waals surface area contributed by atoms with Crippen LogP contribution in [-0.2, 0) is 16.8 Å². The van der Waals surface area contributed by atoms with Crippen LogP contribution in [0.2, 0.25) is 0 Å². The first-order valence-electron chi connectivity index (χ1n) is 9.48. The van der Waals surface area contributed by atoms with Crippen molar-refractivity contribution in [2.45, 2.75) is 24.9 Å². The molecule has 1 aliphatic carbocycles. The number of rotatable bonds is 4. The summed E-state index contributed by atoms with van der Waals surface area (Å²) in [6.45, 7) is 0. The van der Waals surface area contributed by atoms with Crippen molar-refractivity contribution in [1.82, 2.24) is 5.43 Å². The third-order valence-corrected chi connectivity index (χ3v) is 5.19. The number of nitrogens with one attached hydrogen (secondary N) is 1. The lowest BCUT2D eigenvalue weighted by atomic mass is 9.85. The maximum Gasteiger partial charge on any atom is 0.281 e. The number of fused-ring (bicyclic) bond motifs is 1. The first-order chi connectivity index (χ1) is 13.7. The van der Waals surface area contributed by atoms with Gasteiger partial charge in [0.25, 0.3) is 5.91 Å². The van der Waals surface area contributed by atoms with Crippen LogP contribution in [0, 0.1) is 0 Å². The molecule has 0 aromatic heterocycles. The maximum absolute atomic E-state index is 13.2. The number of benzene rings is 3. The number of nitrogens with zero attached hydrogens (tertiary/aromatic N) is 1. The minimum Gasteiger partial charge on any atom is -0.372 e. The van der Waals surface area contributed by atoms with Crippen LogP contribution >= 0.6 is 0 Å². The number of hydrazone groups is 1. The third-order valence-electron chi connectivity index (χ3n) is 5.19. The van der Waals surface area contributed by atoms with Crippen molar-refractivity contribution < 1.29 is 9.90 Å². The number of aryl methyl sites for hydroxylation is 1. The van der Waals surface area contributed by atoms with Gasteiger partial charge in [0.05, 0.1) is 5.71 Å². The Morgan fingerprint density at radius 2 is 1.39 bits per heavy atom. The van der Waals surface area contributed by atoms with E-state index in [2.05, 4.69) is 16.6 Å². The molecule has 0 aliphatic heterocycles. The molecule has 1 aliphatic rings. The summed E-state index contributed by atoms with van der Waals surface area (Å²) in [6.07, 6.45) is 2.81. The van der Waals surface area contributed by atoms with E-state index in [1.807, 2.05) is 30.3 Å². The summed E-state index contributed by atoms with van der Waals surface area (Å²) in [6, 6.07) is 26.0. The normalized spacial score (nSPS) is 15.1. The predicted molar refractivity (Wildman–Crippen MR) is 110 cm³/mol. The Morgan fingerprint density at radius 3 is 2.04 bits per heavy atom. The molecule has 0 heterocycles.